The normalized spacial score (nSPS) is 10.8. The van der Waals surface area contributed by atoms with Crippen LogP contribution in [0, 0.1) is 0 Å². The van der Waals surface area contributed by atoms with Gasteiger partial charge in [0.05, 0.1) is 12.2 Å². The molecular weight excluding hydrogens is 294 g/mol. The summed E-state index contributed by atoms with van der Waals surface area (Å²) in [6.07, 6.45) is 1.80. The molecule has 3 N–H and O–H groups in total. The summed E-state index contributed by atoms with van der Waals surface area (Å²) in [5, 5.41) is 13.5. The second-order valence-electron chi connectivity index (χ2n) is 5.07. The van der Waals surface area contributed by atoms with Crippen LogP contribution in [-0.2, 0) is 4.74 Å². The van der Waals surface area contributed by atoms with Gasteiger partial charge >= 0.3 is 5.97 Å². The summed E-state index contributed by atoms with van der Waals surface area (Å²) in [6, 6.07) is 10.7. The van der Waals surface area contributed by atoms with Crippen LogP contribution >= 0.6 is 0 Å². The molecule has 0 fully saturated rings. The molecule has 0 amide bonds. The topological polar surface area (TPSA) is 87.2 Å². The van der Waals surface area contributed by atoms with E-state index >= 15 is 0 Å². The Labute approximate surface area is 133 Å². The van der Waals surface area contributed by atoms with Crippen molar-refractivity contribution in [3.05, 3.63) is 48.2 Å². The Hall–Kier alpha value is -2.86. The van der Waals surface area contributed by atoms with Crippen molar-refractivity contribution in [2.45, 2.75) is 0 Å². The molecule has 0 aliphatic carbocycles. The number of aromatic carboxylic acids is 1. The zero-order valence-corrected chi connectivity index (χ0v) is 12.7. The fourth-order valence-electron chi connectivity index (χ4n) is 2.54. The molecule has 23 heavy (non-hydrogen) atoms. The molecule has 6 heteroatoms. The van der Waals surface area contributed by atoms with Gasteiger partial charge in [0, 0.05) is 25.2 Å². The van der Waals surface area contributed by atoms with Gasteiger partial charge in [0.25, 0.3) is 0 Å². The van der Waals surface area contributed by atoms with Gasteiger partial charge in [-0.15, -0.1) is 0 Å². The third kappa shape index (κ3) is 3.02. The van der Waals surface area contributed by atoms with Gasteiger partial charge in [-0.1, -0.05) is 18.2 Å². The molecule has 2 heterocycles. The molecule has 3 aromatic rings. The molecular formula is C17H17N3O3. The van der Waals surface area contributed by atoms with Crippen LogP contribution in [0.3, 0.4) is 0 Å². The van der Waals surface area contributed by atoms with E-state index in [9.17, 15) is 9.90 Å². The molecule has 118 valence electrons. The number of pyridine rings is 1. The van der Waals surface area contributed by atoms with Gasteiger partial charge in [-0.3, -0.25) is 0 Å². The second kappa shape index (κ2) is 6.50. The lowest BCUT2D eigenvalue weighted by Gasteiger charge is -2.11. The smallest absolute Gasteiger partial charge is 0.336 e. The lowest BCUT2D eigenvalue weighted by atomic mass is 9.98. The Morgan fingerprint density at radius 1 is 1.30 bits per heavy atom. The van der Waals surface area contributed by atoms with E-state index < -0.39 is 5.97 Å². The summed E-state index contributed by atoms with van der Waals surface area (Å²) in [4.78, 5) is 19.1. The van der Waals surface area contributed by atoms with Crippen LogP contribution in [0.25, 0.3) is 22.2 Å². The maximum atomic E-state index is 11.5. The van der Waals surface area contributed by atoms with E-state index in [1.54, 1.807) is 25.4 Å². The highest BCUT2D eigenvalue weighted by Crippen LogP contribution is 2.32. The average Bonchev–Trinajstić information content (AvgIpc) is 3.03. The number of fused-ring (bicyclic) bond motifs is 1. The zero-order chi connectivity index (χ0) is 16.2. The standard InChI is InChI=1S/C17H17N3O3/c1-23-9-8-18-15-10-14(12-6-7-19-16(12)20-15)11-4-2-3-5-13(11)17(21)22/h2-7,10H,8-9H2,1H3,(H,21,22)(H2,18,19,20). The Morgan fingerprint density at radius 3 is 2.91 bits per heavy atom. The van der Waals surface area contributed by atoms with Gasteiger partial charge in [-0.25, -0.2) is 9.78 Å². The van der Waals surface area contributed by atoms with Crippen LogP contribution in [-0.4, -0.2) is 41.3 Å². The Balaban J connectivity index is 2.12. The number of nitrogens with zero attached hydrogens (tertiary/aromatic N) is 1. The molecule has 0 atom stereocenters. The van der Waals surface area contributed by atoms with Crippen molar-refractivity contribution < 1.29 is 14.6 Å². The number of hydrogen-bond donors (Lipinski definition) is 3. The fraction of sp³-hybridized carbons (Fsp3) is 0.176. The molecule has 0 unspecified atom stereocenters. The number of hydrogen-bond acceptors (Lipinski definition) is 4. The number of ether oxygens (including phenoxy) is 1. The molecule has 0 bridgehead atoms. The SMILES string of the molecule is COCCNc1cc(-c2ccccc2C(=O)O)c2cc[nH]c2n1. The number of anilines is 1. The van der Waals surface area contributed by atoms with Crippen molar-refractivity contribution in [2.75, 3.05) is 25.6 Å². The van der Waals surface area contributed by atoms with E-state index in [1.165, 1.54) is 0 Å². The van der Waals surface area contributed by atoms with Crippen LogP contribution in [0.2, 0.25) is 0 Å². The summed E-state index contributed by atoms with van der Waals surface area (Å²) in [5.74, 6) is -0.276. The van der Waals surface area contributed by atoms with Gasteiger partial charge < -0.3 is 20.1 Å². The first-order chi connectivity index (χ1) is 11.2. The Morgan fingerprint density at radius 2 is 2.13 bits per heavy atom. The average molecular weight is 311 g/mol. The lowest BCUT2D eigenvalue weighted by Crippen LogP contribution is -2.09. The second-order valence-corrected chi connectivity index (χ2v) is 5.07. The summed E-state index contributed by atoms with van der Waals surface area (Å²) in [7, 11) is 1.64. The van der Waals surface area contributed by atoms with Gasteiger partial charge in [0.15, 0.2) is 0 Å². The maximum Gasteiger partial charge on any atom is 0.336 e. The van der Waals surface area contributed by atoms with Crippen LogP contribution in [0.15, 0.2) is 42.6 Å². The number of aromatic nitrogens is 2. The zero-order valence-electron chi connectivity index (χ0n) is 12.7. The minimum absolute atomic E-state index is 0.268. The number of carboxylic acids is 1. The first-order valence-electron chi connectivity index (χ1n) is 7.24. The monoisotopic (exact) mass is 311 g/mol. The van der Waals surface area contributed by atoms with E-state index in [4.69, 9.17) is 4.74 Å². The number of benzene rings is 1. The number of methoxy groups -OCH3 is 1. The van der Waals surface area contributed by atoms with E-state index in [1.807, 2.05) is 24.3 Å². The quantitative estimate of drug-likeness (QED) is 0.609. The lowest BCUT2D eigenvalue weighted by molar-refractivity contribution is 0.0697. The predicted molar refractivity (Wildman–Crippen MR) is 88.9 cm³/mol. The third-order valence-electron chi connectivity index (χ3n) is 3.59. The molecule has 0 spiro atoms. The summed E-state index contributed by atoms with van der Waals surface area (Å²) >= 11 is 0. The summed E-state index contributed by atoms with van der Waals surface area (Å²) in [6.45, 7) is 1.18. The van der Waals surface area contributed by atoms with Crippen molar-refractivity contribution in [3.8, 4) is 11.1 Å². The molecule has 6 nitrogen and oxygen atoms in total. The van der Waals surface area contributed by atoms with Crippen molar-refractivity contribution >= 4 is 22.8 Å². The first-order valence-corrected chi connectivity index (χ1v) is 7.24. The molecule has 1 aromatic carbocycles. The number of carboxylic acid groups (broad SMARTS) is 1. The van der Waals surface area contributed by atoms with Gasteiger partial charge in [0.1, 0.15) is 11.5 Å². The number of nitrogens with one attached hydrogen (secondary N) is 2. The number of rotatable bonds is 6. The maximum absolute atomic E-state index is 11.5. The van der Waals surface area contributed by atoms with E-state index in [0.29, 0.717) is 30.2 Å². The number of carbonyl (C=O) groups is 1. The van der Waals surface area contributed by atoms with E-state index in [0.717, 1.165) is 10.9 Å². The third-order valence-corrected chi connectivity index (χ3v) is 3.59. The molecule has 0 saturated carbocycles. The van der Waals surface area contributed by atoms with Crippen LogP contribution in [0.5, 0.6) is 0 Å². The number of H-pyrrole nitrogens is 1. The van der Waals surface area contributed by atoms with Gasteiger partial charge in [0.2, 0.25) is 0 Å². The highest BCUT2D eigenvalue weighted by molar-refractivity contribution is 6.02. The van der Waals surface area contributed by atoms with Crippen LogP contribution in [0.4, 0.5) is 5.82 Å². The van der Waals surface area contributed by atoms with Crippen molar-refractivity contribution in [1.29, 1.82) is 0 Å². The highest BCUT2D eigenvalue weighted by Gasteiger charge is 2.15. The summed E-state index contributed by atoms with van der Waals surface area (Å²) in [5.41, 5.74) is 2.47. The molecule has 0 aliphatic heterocycles. The fourth-order valence-corrected chi connectivity index (χ4v) is 2.54. The summed E-state index contributed by atoms with van der Waals surface area (Å²) < 4.78 is 5.03. The van der Waals surface area contributed by atoms with Crippen molar-refractivity contribution in [2.24, 2.45) is 0 Å². The first kappa shape index (κ1) is 15.1. The van der Waals surface area contributed by atoms with Crippen LogP contribution < -0.4 is 5.32 Å². The molecule has 0 aliphatic rings. The van der Waals surface area contributed by atoms with Crippen LogP contribution in [0.1, 0.15) is 10.4 Å². The molecule has 2 aromatic heterocycles. The number of aromatic amines is 1. The largest absolute Gasteiger partial charge is 0.478 e. The minimum Gasteiger partial charge on any atom is -0.478 e. The Bertz CT molecular complexity index is 842. The van der Waals surface area contributed by atoms with E-state index in [2.05, 4.69) is 15.3 Å². The predicted octanol–water partition coefficient (Wildman–Crippen LogP) is 2.99. The van der Waals surface area contributed by atoms with Crippen molar-refractivity contribution in [3.63, 3.8) is 0 Å². The van der Waals surface area contributed by atoms with Crippen molar-refractivity contribution in [1.82, 2.24) is 9.97 Å². The molecule has 0 radical (unpaired) electrons. The Kier molecular flexibility index (Phi) is 4.25. The highest BCUT2D eigenvalue weighted by atomic mass is 16.5. The van der Waals surface area contributed by atoms with Gasteiger partial charge in [-0.2, -0.15) is 0 Å². The molecule has 0 saturated heterocycles. The van der Waals surface area contributed by atoms with Gasteiger partial charge in [-0.05, 0) is 29.3 Å². The molecule has 3 rings (SSSR count). The minimum atomic E-state index is -0.949. The van der Waals surface area contributed by atoms with E-state index in [-0.39, 0.29) is 5.56 Å².